The van der Waals surface area contributed by atoms with E-state index in [0.29, 0.717) is 6.04 Å². The molecule has 1 aromatic heterocycles. The number of hydrogen-bond acceptors (Lipinski definition) is 4. The Morgan fingerprint density at radius 2 is 2.20 bits per heavy atom. The molecular weight excluding hydrogens is 266 g/mol. The van der Waals surface area contributed by atoms with E-state index in [1.807, 2.05) is 6.20 Å². The fourth-order valence-electron chi connectivity index (χ4n) is 2.70. The molecule has 2 heterocycles. The molecular formula is C16H21N3S. The molecule has 1 aromatic carbocycles. The lowest BCUT2D eigenvalue weighted by atomic mass is 10.2. The minimum Gasteiger partial charge on any atom is -0.306 e. The second-order valence-electron chi connectivity index (χ2n) is 5.45. The van der Waals surface area contributed by atoms with Gasteiger partial charge in [-0.3, -0.25) is 4.90 Å². The van der Waals surface area contributed by atoms with Gasteiger partial charge in [-0.2, -0.15) is 0 Å². The minimum atomic E-state index is 0.600. The predicted octanol–water partition coefficient (Wildman–Crippen LogP) is 2.82. The van der Waals surface area contributed by atoms with Crippen LogP contribution in [0.5, 0.6) is 0 Å². The van der Waals surface area contributed by atoms with Crippen molar-refractivity contribution in [3.63, 3.8) is 0 Å². The Morgan fingerprint density at radius 3 is 2.95 bits per heavy atom. The highest BCUT2D eigenvalue weighted by atomic mass is 32.1. The van der Waals surface area contributed by atoms with Crippen molar-refractivity contribution in [2.45, 2.75) is 32.5 Å². The molecule has 20 heavy (non-hydrogen) atoms. The molecule has 3 nitrogen and oxygen atoms in total. The van der Waals surface area contributed by atoms with Gasteiger partial charge in [-0.05, 0) is 18.9 Å². The summed E-state index contributed by atoms with van der Waals surface area (Å²) in [4.78, 5) is 8.22. The highest BCUT2D eigenvalue weighted by Gasteiger charge is 2.21. The summed E-state index contributed by atoms with van der Waals surface area (Å²) in [5, 5.41) is 4.83. The van der Waals surface area contributed by atoms with E-state index in [1.165, 1.54) is 28.4 Å². The summed E-state index contributed by atoms with van der Waals surface area (Å²) in [6, 6.07) is 11.3. The summed E-state index contributed by atoms with van der Waals surface area (Å²) in [7, 11) is 0. The molecule has 0 aliphatic carbocycles. The first-order valence-electron chi connectivity index (χ1n) is 7.20. The number of benzene rings is 1. The van der Waals surface area contributed by atoms with Crippen molar-refractivity contribution in [2.75, 3.05) is 13.1 Å². The molecule has 2 aromatic rings. The number of rotatable bonds is 5. The lowest BCUT2D eigenvalue weighted by Crippen LogP contribution is -2.31. The largest absolute Gasteiger partial charge is 0.306 e. The van der Waals surface area contributed by atoms with Crippen LogP contribution in [0.4, 0.5) is 0 Å². The Bertz CT molecular complexity index is 538. The number of likely N-dealkylation sites (tertiary alicyclic amines) is 1. The van der Waals surface area contributed by atoms with Crippen LogP contribution in [-0.4, -0.2) is 29.0 Å². The van der Waals surface area contributed by atoms with Gasteiger partial charge in [-0.1, -0.05) is 30.3 Å². The van der Waals surface area contributed by atoms with Crippen LogP contribution in [0.1, 0.15) is 21.9 Å². The summed E-state index contributed by atoms with van der Waals surface area (Å²) in [6.45, 7) is 6.40. The van der Waals surface area contributed by atoms with Gasteiger partial charge in [0.1, 0.15) is 5.01 Å². The first-order chi connectivity index (χ1) is 9.79. The highest BCUT2D eigenvalue weighted by molar-refractivity contribution is 7.11. The van der Waals surface area contributed by atoms with Gasteiger partial charge >= 0.3 is 0 Å². The van der Waals surface area contributed by atoms with Crippen molar-refractivity contribution >= 4 is 11.3 Å². The minimum absolute atomic E-state index is 0.600. The lowest BCUT2D eigenvalue weighted by molar-refractivity contribution is 0.320. The molecule has 106 valence electrons. The van der Waals surface area contributed by atoms with Gasteiger partial charge in [-0.25, -0.2) is 4.98 Å². The van der Waals surface area contributed by atoms with E-state index >= 15 is 0 Å². The van der Waals surface area contributed by atoms with Crippen LogP contribution in [0.3, 0.4) is 0 Å². The van der Waals surface area contributed by atoms with E-state index in [0.717, 1.165) is 19.6 Å². The first-order valence-corrected chi connectivity index (χ1v) is 8.02. The quantitative estimate of drug-likeness (QED) is 0.916. The Morgan fingerprint density at radius 1 is 1.35 bits per heavy atom. The molecule has 1 atom stereocenters. The fourth-order valence-corrected chi connectivity index (χ4v) is 3.44. The molecule has 0 saturated carbocycles. The third-order valence-electron chi connectivity index (χ3n) is 3.73. The number of nitrogens with zero attached hydrogens (tertiary/aromatic N) is 2. The molecule has 1 aliphatic rings. The van der Waals surface area contributed by atoms with Crippen LogP contribution in [0, 0.1) is 6.92 Å². The first kappa shape index (κ1) is 13.7. The maximum Gasteiger partial charge on any atom is 0.107 e. The molecule has 1 fully saturated rings. The molecule has 3 rings (SSSR count). The number of aryl methyl sites for hydroxylation is 1. The van der Waals surface area contributed by atoms with Crippen molar-refractivity contribution < 1.29 is 0 Å². The molecule has 1 saturated heterocycles. The summed E-state index contributed by atoms with van der Waals surface area (Å²) in [5.41, 5.74) is 1.41. The Balaban J connectivity index is 1.45. The summed E-state index contributed by atoms with van der Waals surface area (Å²) < 4.78 is 0. The zero-order valence-corrected chi connectivity index (χ0v) is 12.7. The Hall–Kier alpha value is -1.23. The molecule has 0 radical (unpaired) electrons. The summed E-state index contributed by atoms with van der Waals surface area (Å²) in [6.07, 6.45) is 3.19. The Labute approximate surface area is 124 Å². The second-order valence-corrected chi connectivity index (χ2v) is 6.77. The average Bonchev–Trinajstić information content (AvgIpc) is 3.07. The maximum atomic E-state index is 4.41. The molecule has 0 amide bonds. The van der Waals surface area contributed by atoms with E-state index in [1.54, 1.807) is 11.3 Å². The number of hydrogen-bond donors (Lipinski definition) is 1. The summed E-state index contributed by atoms with van der Waals surface area (Å²) in [5.74, 6) is 0. The maximum absolute atomic E-state index is 4.41. The topological polar surface area (TPSA) is 28.2 Å². The second kappa shape index (κ2) is 6.48. The van der Waals surface area contributed by atoms with Gasteiger partial charge in [0.15, 0.2) is 0 Å². The van der Waals surface area contributed by atoms with Gasteiger partial charge in [-0.15, -0.1) is 11.3 Å². The van der Waals surface area contributed by atoms with Crippen LogP contribution >= 0.6 is 11.3 Å². The van der Waals surface area contributed by atoms with Gasteiger partial charge in [0, 0.05) is 43.3 Å². The normalized spacial score (nSPS) is 19.6. The van der Waals surface area contributed by atoms with Crippen LogP contribution in [0.25, 0.3) is 0 Å². The van der Waals surface area contributed by atoms with E-state index in [2.05, 4.69) is 52.5 Å². The van der Waals surface area contributed by atoms with Crippen molar-refractivity contribution in [3.05, 3.63) is 52.0 Å². The van der Waals surface area contributed by atoms with Gasteiger partial charge in [0.25, 0.3) is 0 Å². The van der Waals surface area contributed by atoms with Crippen molar-refractivity contribution in [1.82, 2.24) is 15.2 Å². The lowest BCUT2D eigenvalue weighted by Gasteiger charge is -2.16. The third kappa shape index (κ3) is 3.66. The van der Waals surface area contributed by atoms with Gasteiger partial charge in [0.05, 0.1) is 0 Å². The standard InChI is InChI=1S/C16H21N3S/c1-13-9-18-16(20-13)10-17-15-7-8-19(12-15)11-14-5-3-2-4-6-14/h2-6,9,15,17H,7-8,10-12H2,1H3. The molecule has 0 bridgehead atoms. The molecule has 4 heteroatoms. The van der Waals surface area contributed by atoms with E-state index in [4.69, 9.17) is 0 Å². The van der Waals surface area contributed by atoms with Crippen molar-refractivity contribution in [2.24, 2.45) is 0 Å². The molecule has 1 N–H and O–H groups in total. The monoisotopic (exact) mass is 287 g/mol. The SMILES string of the molecule is Cc1cnc(CNC2CCN(Cc3ccccc3)C2)s1. The number of thiazole rings is 1. The van der Waals surface area contributed by atoms with Crippen molar-refractivity contribution in [1.29, 1.82) is 0 Å². The zero-order valence-electron chi connectivity index (χ0n) is 11.9. The van der Waals surface area contributed by atoms with E-state index in [9.17, 15) is 0 Å². The van der Waals surface area contributed by atoms with Crippen LogP contribution in [0.15, 0.2) is 36.5 Å². The van der Waals surface area contributed by atoms with Crippen LogP contribution in [0.2, 0.25) is 0 Å². The summed E-state index contributed by atoms with van der Waals surface area (Å²) >= 11 is 1.79. The fraction of sp³-hybridized carbons (Fsp3) is 0.438. The average molecular weight is 287 g/mol. The smallest absolute Gasteiger partial charge is 0.107 e. The van der Waals surface area contributed by atoms with E-state index in [-0.39, 0.29) is 0 Å². The van der Waals surface area contributed by atoms with Crippen LogP contribution < -0.4 is 5.32 Å². The van der Waals surface area contributed by atoms with Crippen LogP contribution in [-0.2, 0) is 13.1 Å². The highest BCUT2D eigenvalue weighted by Crippen LogP contribution is 2.15. The number of aromatic nitrogens is 1. The van der Waals surface area contributed by atoms with Gasteiger partial charge < -0.3 is 5.32 Å². The molecule has 0 spiro atoms. The van der Waals surface area contributed by atoms with Crippen molar-refractivity contribution in [3.8, 4) is 0 Å². The van der Waals surface area contributed by atoms with E-state index < -0.39 is 0 Å². The third-order valence-corrected chi connectivity index (χ3v) is 4.65. The number of nitrogens with one attached hydrogen (secondary N) is 1. The molecule has 1 aliphatic heterocycles. The Kier molecular flexibility index (Phi) is 4.45. The zero-order chi connectivity index (χ0) is 13.8. The van der Waals surface area contributed by atoms with Gasteiger partial charge in [0.2, 0.25) is 0 Å². The predicted molar refractivity (Wildman–Crippen MR) is 83.8 cm³/mol. The molecule has 1 unspecified atom stereocenters.